The molecule has 0 bridgehead atoms. The van der Waals surface area contributed by atoms with E-state index in [-0.39, 0.29) is 0 Å². The Morgan fingerprint density at radius 1 is 1.28 bits per heavy atom. The van der Waals surface area contributed by atoms with Crippen molar-refractivity contribution >= 4 is 15.9 Å². The van der Waals surface area contributed by atoms with Crippen molar-refractivity contribution < 1.29 is 9.47 Å². The maximum absolute atomic E-state index is 5.27. The molecule has 0 N–H and O–H groups in total. The third-order valence-electron chi connectivity index (χ3n) is 2.61. The summed E-state index contributed by atoms with van der Waals surface area (Å²) >= 11 is 3.47. The molecule has 1 heterocycles. The molecule has 0 saturated carbocycles. The third-order valence-corrected chi connectivity index (χ3v) is 2.97. The normalized spacial score (nSPS) is 10.9. The number of aryl methyl sites for hydroxylation is 1. The van der Waals surface area contributed by atoms with Crippen LogP contribution in [0.2, 0.25) is 0 Å². The van der Waals surface area contributed by atoms with Gasteiger partial charge in [-0.05, 0) is 6.92 Å². The molecular formula is C13H21BrN2O2. The molecule has 0 atom stereocenters. The lowest BCUT2D eigenvalue weighted by Gasteiger charge is -2.20. The fourth-order valence-electron chi connectivity index (χ4n) is 1.74. The molecule has 0 saturated heterocycles. The molecule has 5 heteroatoms. The highest BCUT2D eigenvalue weighted by Gasteiger charge is 2.08. The fraction of sp³-hybridized carbons (Fsp3) is 0.615. The highest BCUT2D eigenvalue weighted by Crippen LogP contribution is 2.14. The monoisotopic (exact) mass is 316 g/mol. The zero-order valence-electron chi connectivity index (χ0n) is 11.3. The number of halogens is 1. The number of hydrogen-bond acceptors (Lipinski definition) is 4. The first-order valence-corrected chi connectivity index (χ1v) is 7.10. The van der Waals surface area contributed by atoms with Crippen molar-refractivity contribution in [1.82, 2.24) is 9.88 Å². The van der Waals surface area contributed by atoms with Crippen molar-refractivity contribution in [2.24, 2.45) is 0 Å². The Hall–Kier alpha value is -0.650. The average molecular weight is 317 g/mol. The molecular weight excluding hydrogens is 296 g/mol. The maximum Gasteiger partial charge on any atom is 0.122 e. The van der Waals surface area contributed by atoms with Gasteiger partial charge in [-0.15, -0.1) is 0 Å². The summed E-state index contributed by atoms with van der Waals surface area (Å²) < 4.78 is 10.4. The van der Waals surface area contributed by atoms with Crippen molar-refractivity contribution in [2.45, 2.75) is 13.5 Å². The first-order chi connectivity index (χ1) is 8.69. The highest BCUT2D eigenvalue weighted by molar-refractivity contribution is 9.09. The molecule has 0 fully saturated rings. The molecule has 0 aliphatic rings. The minimum Gasteiger partial charge on any atom is -0.497 e. The first-order valence-electron chi connectivity index (χ1n) is 5.98. The van der Waals surface area contributed by atoms with E-state index in [0.29, 0.717) is 0 Å². The quantitative estimate of drug-likeness (QED) is 0.689. The molecule has 0 unspecified atom stereocenters. The number of ether oxygens (including phenoxy) is 2. The van der Waals surface area contributed by atoms with Crippen LogP contribution in [0.1, 0.15) is 11.4 Å². The largest absolute Gasteiger partial charge is 0.497 e. The van der Waals surface area contributed by atoms with Crippen LogP contribution in [-0.4, -0.2) is 49.1 Å². The minimum atomic E-state index is 0.732. The van der Waals surface area contributed by atoms with Crippen LogP contribution in [0.4, 0.5) is 0 Å². The van der Waals surface area contributed by atoms with Crippen LogP contribution in [-0.2, 0) is 11.3 Å². The second-order valence-electron chi connectivity index (χ2n) is 4.10. The summed E-state index contributed by atoms with van der Waals surface area (Å²) in [6.45, 7) is 5.40. The van der Waals surface area contributed by atoms with Gasteiger partial charge in [0.25, 0.3) is 0 Å². The summed E-state index contributed by atoms with van der Waals surface area (Å²) in [7, 11) is 3.40. The van der Waals surface area contributed by atoms with Crippen LogP contribution < -0.4 is 4.74 Å². The topological polar surface area (TPSA) is 34.6 Å². The van der Waals surface area contributed by atoms with Crippen molar-refractivity contribution in [2.75, 3.05) is 39.2 Å². The lowest BCUT2D eigenvalue weighted by Crippen LogP contribution is -2.29. The molecule has 18 heavy (non-hydrogen) atoms. The molecule has 0 aliphatic carbocycles. The zero-order chi connectivity index (χ0) is 13.4. The van der Waals surface area contributed by atoms with E-state index in [9.17, 15) is 0 Å². The van der Waals surface area contributed by atoms with E-state index in [0.717, 1.165) is 48.7 Å². The molecule has 1 aromatic rings. The Kier molecular flexibility index (Phi) is 7.23. The van der Waals surface area contributed by atoms with E-state index in [1.807, 2.05) is 19.1 Å². The predicted molar refractivity (Wildman–Crippen MR) is 76.5 cm³/mol. The number of rotatable bonds is 8. The summed E-state index contributed by atoms with van der Waals surface area (Å²) in [6.07, 6.45) is 0. The van der Waals surface area contributed by atoms with E-state index in [4.69, 9.17) is 9.47 Å². The van der Waals surface area contributed by atoms with E-state index >= 15 is 0 Å². The van der Waals surface area contributed by atoms with Gasteiger partial charge < -0.3 is 9.47 Å². The van der Waals surface area contributed by atoms with Crippen LogP contribution in [0.3, 0.4) is 0 Å². The Balaban J connectivity index is 2.69. The summed E-state index contributed by atoms with van der Waals surface area (Å²) in [5, 5.41) is 0.944. The molecule has 1 rings (SSSR count). The number of nitrogens with zero attached hydrogens (tertiary/aromatic N) is 2. The SMILES string of the molecule is COCCN(CCBr)Cc1cc(OC)cc(C)n1. The van der Waals surface area contributed by atoms with E-state index in [1.54, 1.807) is 14.2 Å². The zero-order valence-corrected chi connectivity index (χ0v) is 12.9. The molecule has 1 aromatic heterocycles. The van der Waals surface area contributed by atoms with Gasteiger partial charge >= 0.3 is 0 Å². The molecule has 0 aromatic carbocycles. The second kappa shape index (κ2) is 8.45. The number of methoxy groups -OCH3 is 2. The van der Waals surface area contributed by atoms with Gasteiger partial charge in [0.05, 0.1) is 19.4 Å². The molecule has 102 valence electrons. The third kappa shape index (κ3) is 5.33. The highest BCUT2D eigenvalue weighted by atomic mass is 79.9. The van der Waals surface area contributed by atoms with Gasteiger partial charge in [-0.1, -0.05) is 15.9 Å². The van der Waals surface area contributed by atoms with Gasteiger partial charge in [-0.2, -0.15) is 0 Å². The molecule has 4 nitrogen and oxygen atoms in total. The Labute approximate surface area is 117 Å². The minimum absolute atomic E-state index is 0.732. The first kappa shape index (κ1) is 15.4. The summed E-state index contributed by atoms with van der Waals surface area (Å²) in [5.74, 6) is 0.864. The van der Waals surface area contributed by atoms with Crippen molar-refractivity contribution in [3.05, 3.63) is 23.5 Å². The number of hydrogen-bond donors (Lipinski definition) is 0. The molecule has 0 radical (unpaired) electrons. The van der Waals surface area contributed by atoms with E-state index in [2.05, 4.69) is 25.8 Å². The van der Waals surface area contributed by atoms with Gasteiger partial charge in [0.1, 0.15) is 5.75 Å². The number of pyridine rings is 1. The molecule has 0 spiro atoms. The average Bonchev–Trinajstić information content (AvgIpc) is 2.35. The van der Waals surface area contributed by atoms with Gasteiger partial charge in [0.15, 0.2) is 0 Å². The van der Waals surface area contributed by atoms with Crippen LogP contribution >= 0.6 is 15.9 Å². The Bertz CT molecular complexity index is 361. The van der Waals surface area contributed by atoms with Crippen molar-refractivity contribution in [3.8, 4) is 5.75 Å². The lowest BCUT2D eigenvalue weighted by molar-refractivity contribution is 0.147. The number of aromatic nitrogens is 1. The van der Waals surface area contributed by atoms with Gasteiger partial charge in [0, 0.05) is 49.9 Å². The molecule has 0 amide bonds. The van der Waals surface area contributed by atoms with E-state index < -0.39 is 0 Å². The Morgan fingerprint density at radius 2 is 2.06 bits per heavy atom. The lowest BCUT2D eigenvalue weighted by atomic mass is 10.2. The maximum atomic E-state index is 5.27. The summed E-state index contributed by atoms with van der Waals surface area (Å²) in [5.41, 5.74) is 2.01. The van der Waals surface area contributed by atoms with Gasteiger partial charge in [0.2, 0.25) is 0 Å². The van der Waals surface area contributed by atoms with Crippen LogP contribution in [0.5, 0.6) is 5.75 Å². The van der Waals surface area contributed by atoms with Crippen LogP contribution in [0.15, 0.2) is 12.1 Å². The van der Waals surface area contributed by atoms with Crippen molar-refractivity contribution in [3.63, 3.8) is 0 Å². The smallest absolute Gasteiger partial charge is 0.122 e. The fourth-order valence-corrected chi connectivity index (χ4v) is 2.24. The van der Waals surface area contributed by atoms with Crippen LogP contribution in [0, 0.1) is 6.92 Å². The predicted octanol–water partition coefficient (Wildman–Crippen LogP) is 2.24. The number of alkyl halides is 1. The Morgan fingerprint density at radius 3 is 2.67 bits per heavy atom. The van der Waals surface area contributed by atoms with Crippen molar-refractivity contribution in [1.29, 1.82) is 0 Å². The second-order valence-corrected chi connectivity index (χ2v) is 4.89. The van der Waals surface area contributed by atoms with Crippen LogP contribution in [0.25, 0.3) is 0 Å². The standard InChI is InChI=1S/C13H21BrN2O2/c1-11-8-13(18-3)9-12(15-11)10-16(5-4-14)6-7-17-2/h8-9H,4-7,10H2,1-3H3. The van der Waals surface area contributed by atoms with E-state index in [1.165, 1.54) is 0 Å². The summed E-state index contributed by atoms with van der Waals surface area (Å²) in [4.78, 5) is 6.84. The van der Waals surface area contributed by atoms with Gasteiger partial charge in [-0.25, -0.2) is 0 Å². The van der Waals surface area contributed by atoms with Gasteiger partial charge in [-0.3, -0.25) is 9.88 Å². The molecule has 0 aliphatic heterocycles. The summed E-state index contributed by atoms with van der Waals surface area (Å²) in [6, 6.07) is 3.93.